The number of hydrogen-bond donors (Lipinski definition) is 0. The fraction of sp³-hybridized carbons (Fsp3) is 0.273. The minimum atomic E-state index is -0.374. The van der Waals surface area contributed by atoms with Crippen molar-refractivity contribution in [2.24, 2.45) is 11.8 Å². The molecule has 0 unspecified atom stereocenters. The van der Waals surface area contributed by atoms with Crippen LogP contribution in [0.4, 0.5) is 0 Å². The van der Waals surface area contributed by atoms with E-state index in [1.165, 1.54) is 5.01 Å². The number of rotatable bonds is 3. The van der Waals surface area contributed by atoms with Crippen LogP contribution in [0.25, 0.3) is 0 Å². The van der Waals surface area contributed by atoms with E-state index in [1.54, 1.807) is 0 Å². The molecule has 134 valence electrons. The predicted molar refractivity (Wildman–Crippen MR) is 96.8 cm³/mol. The lowest BCUT2D eigenvalue weighted by atomic mass is 9.85. The van der Waals surface area contributed by atoms with Crippen LogP contribution in [0.5, 0.6) is 0 Å². The van der Waals surface area contributed by atoms with Gasteiger partial charge in [-0.1, -0.05) is 72.8 Å². The molecule has 2 aromatic carbocycles. The van der Waals surface area contributed by atoms with E-state index in [0.717, 1.165) is 11.1 Å². The largest absolute Gasteiger partial charge is 0.365 e. The van der Waals surface area contributed by atoms with Gasteiger partial charge in [-0.25, -0.2) is 5.01 Å². The van der Waals surface area contributed by atoms with Crippen LogP contribution in [0.15, 0.2) is 72.8 Å². The maximum atomic E-state index is 13.2. The minimum Gasteiger partial charge on any atom is -0.365 e. The molecule has 6 rings (SSSR count). The van der Waals surface area contributed by atoms with Crippen molar-refractivity contribution in [3.8, 4) is 0 Å². The fourth-order valence-corrected chi connectivity index (χ4v) is 4.95. The van der Waals surface area contributed by atoms with Crippen LogP contribution < -0.4 is 0 Å². The van der Waals surface area contributed by atoms with Crippen molar-refractivity contribution in [2.75, 3.05) is 0 Å². The first-order chi connectivity index (χ1) is 13.3. The van der Waals surface area contributed by atoms with Gasteiger partial charge in [0.15, 0.2) is 0 Å². The molecule has 2 aromatic rings. The van der Waals surface area contributed by atoms with Crippen LogP contribution in [-0.2, 0) is 14.3 Å². The van der Waals surface area contributed by atoms with Crippen molar-refractivity contribution in [2.45, 2.75) is 24.3 Å². The van der Waals surface area contributed by atoms with Crippen molar-refractivity contribution < 1.29 is 14.3 Å². The number of fused-ring (bicyclic) bond motifs is 5. The summed E-state index contributed by atoms with van der Waals surface area (Å²) in [6.07, 6.45) is 3.33. The van der Waals surface area contributed by atoms with E-state index in [-0.39, 0.29) is 47.9 Å². The van der Waals surface area contributed by atoms with Gasteiger partial charge in [-0.2, -0.15) is 5.01 Å². The lowest BCUT2D eigenvalue weighted by Crippen LogP contribution is -2.39. The third kappa shape index (κ3) is 2.01. The molecule has 3 fully saturated rings. The summed E-state index contributed by atoms with van der Waals surface area (Å²) in [5.41, 5.74) is 2.22. The van der Waals surface area contributed by atoms with Gasteiger partial charge in [0.05, 0.1) is 36.1 Å². The van der Waals surface area contributed by atoms with Crippen molar-refractivity contribution in [3.05, 3.63) is 83.9 Å². The zero-order valence-corrected chi connectivity index (χ0v) is 14.5. The molecule has 5 nitrogen and oxygen atoms in total. The summed E-state index contributed by atoms with van der Waals surface area (Å²) < 4.78 is 5.75. The summed E-state index contributed by atoms with van der Waals surface area (Å²) in [5.74, 6) is -0.996. The monoisotopic (exact) mass is 358 g/mol. The van der Waals surface area contributed by atoms with Gasteiger partial charge in [-0.3, -0.25) is 9.59 Å². The third-order valence-corrected chi connectivity index (χ3v) is 6.18. The van der Waals surface area contributed by atoms with Gasteiger partial charge >= 0.3 is 0 Å². The smallest absolute Gasteiger partial charge is 0.251 e. The Balaban J connectivity index is 1.39. The van der Waals surface area contributed by atoms with E-state index in [9.17, 15) is 9.59 Å². The average Bonchev–Trinajstić information content (AvgIpc) is 2.99. The van der Waals surface area contributed by atoms with E-state index in [0.29, 0.717) is 0 Å². The molecule has 0 N–H and O–H groups in total. The molecule has 0 spiro atoms. The van der Waals surface area contributed by atoms with Gasteiger partial charge in [0.1, 0.15) is 0 Å². The van der Waals surface area contributed by atoms with Crippen LogP contribution in [0.1, 0.15) is 23.2 Å². The molecule has 0 saturated carbocycles. The summed E-state index contributed by atoms with van der Waals surface area (Å²) in [4.78, 5) is 26.3. The molecule has 4 aliphatic rings. The Morgan fingerprint density at radius 1 is 0.667 bits per heavy atom. The summed E-state index contributed by atoms with van der Waals surface area (Å²) >= 11 is 0. The lowest BCUT2D eigenvalue weighted by Gasteiger charge is -2.20. The molecule has 2 amide bonds. The van der Waals surface area contributed by atoms with E-state index >= 15 is 0 Å². The maximum Gasteiger partial charge on any atom is 0.251 e. The SMILES string of the molecule is O=C1[C@@H]2[C@H](C(=O)N1N1[C@H](c3ccccc3)[C@H]1c1ccccc1)[C@H]1C=C[C@@H]2O1. The number of imide groups is 1. The Kier molecular flexibility index (Phi) is 3.05. The molecular weight excluding hydrogens is 340 g/mol. The van der Waals surface area contributed by atoms with Gasteiger partial charge in [0.2, 0.25) is 0 Å². The number of ether oxygens (including phenoxy) is 1. The standard InChI is InChI=1S/C22H18N2O3/c25-21-17-15-11-12-16(27-15)18(17)22(26)24(21)23-19(13-7-3-1-4-8-13)20(23)14-9-5-2-6-10-14/h1-12,15-20H/t15-,16+,17-,18+,19-,20-/m1/s1. The molecule has 0 aliphatic carbocycles. The van der Waals surface area contributed by atoms with Gasteiger partial charge < -0.3 is 4.74 Å². The second-order valence-electron chi connectivity index (χ2n) is 7.58. The first kappa shape index (κ1) is 15.3. The number of amides is 2. The molecule has 2 bridgehead atoms. The van der Waals surface area contributed by atoms with Crippen LogP contribution in [-0.4, -0.2) is 34.0 Å². The molecule has 5 heteroatoms. The van der Waals surface area contributed by atoms with E-state index in [2.05, 4.69) is 24.3 Å². The number of hydrogen-bond acceptors (Lipinski definition) is 4. The normalized spacial score (nSPS) is 38.5. The van der Waals surface area contributed by atoms with Crippen molar-refractivity contribution in [1.82, 2.24) is 10.0 Å². The van der Waals surface area contributed by atoms with Gasteiger partial charge in [0, 0.05) is 0 Å². The summed E-state index contributed by atoms with van der Waals surface area (Å²) in [7, 11) is 0. The number of carbonyl (C=O) groups excluding carboxylic acids is 2. The highest BCUT2D eigenvalue weighted by atomic mass is 16.5. The Morgan fingerprint density at radius 3 is 1.56 bits per heavy atom. The molecule has 0 aromatic heterocycles. The van der Waals surface area contributed by atoms with Gasteiger partial charge in [-0.15, -0.1) is 0 Å². The quantitative estimate of drug-likeness (QED) is 0.481. The summed E-state index contributed by atoms with van der Waals surface area (Å²) in [6, 6.07) is 20.1. The van der Waals surface area contributed by atoms with Crippen LogP contribution >= 0.6 is 0 Å². The van der Waals surface area contributed by atoms with Crippen LogP contribution in [0.2, 0.25) is 0 Å². The zero-order valence-electron chi connectivity index (χ0n) is 14.5. The van der Waals surface area contributed by atoms with E-state index in [1.807, 2.05) is 53.6 Å². The van der Waals surface area contributed by atoms with E-state index < -0.39 is 0 Å². The zero-order chi connectivity index (χ0) is 18.1. The first-order valence-corrected chi connectivity index (χ1v) is 9.35. The number of nitrogens with zero attached hydrogens (tertiary/aromatic N) is 2. The molecule has 4 heterocycles. The first-order valence-electron chi connectivity index (χ1n) is 9.35. The molecule has 6 atom stereocenters. The van der Waals surface area contributed by atoms with Crippen molar-refractivity contribution in [1.29, 1.82) is 0 Å². The highest BCUT2D eigenvalue weighted by molar-refractivity contribution is 6.06. The Hall–Kier alpha value is -2.76. The molecular formula is C22H18N2O3. The van der Waals surface area contributed by atoms with Crippen LogP contribution in [0.3, 0.4) is 0 Å². The molecule has 3 saturated heterocycles. The highest BCUT2D eigenvalue weighted by Crippen LogP contribution is 2.58. The van der Waals surface area contributed by atoms with E-state index in [4.69, 9.17) is 4.74 Å². The second-order valence-corrected chi connectivity index (χ2v) is 7.58. The number of carbonyl (C=O) groups is 2. The number of hydrazine groups is 1. The minimum absolute atomic E-state index is 0.00754. The summed E-state index contributed by atoms with van der Waals surface area (Å²) in [5, 5.41) is 3.37. The fourth-order valence-electron chi connectivity index (χ4n) is 4.95. The second kappa shape index (κ2) is 5.38. The number of benzene rings is 2. The maximum absolute atomic E-state index is 13.2. The Morgan fingerprint density at radius 2 is 1.11 bits per heavy atom. The summed E-state index contributed by atoms with van der Waals surface area (Å²) in [6.45, 7) is 0. The van der Waals surface area contributed by atoms with Crippen molar-refractivity contribution >= 4 is 11.8 Å². The third-order valence-electron chi connectivity index (χ3n) is 6.18. The van der Waals surface area contributed by atoms with Gasteiger partial charge in [-0.05, 0) is 11.1 Å². The molecule has 4 aliphatic heterocycles. The molecule has 27 heavy (non-hydrogen) atoms. The predicted octanol–water partition coefficient (Wildman–Crippen LogP) is 2.64. The van der Waals surface area contributed by atoms with Crippen molar-refractivity contribution in [3.63, 3.8) is 0 Å². The topological polar surface area (TPSA) is 49.6 Å². The van der Waals surface area contributed by atoms with Gasteiger partial charge in [0.25, 0.3) is 11.8 Å². The highest BCUT2D eigenvalue weighted by Gasteiger charge is 2.66. The van der Waals surface area contributed by atoms with Crippen LogP contribution in [0, 0.1) is 11.8 Å². The average molecular weight is 358 g/mol. The molecule has 0 radical (unpaired) electrons. The lowest BCUT2D eigenvalue weighted by molar-refractivity contribution is -0.154. The Bertz CT molecular complexity index is 883. The Labute approximate surface area is 156 Å².